The molecule has 0 aliphatic carbocycles. The predicted molar refractivity (Wildman–Crippen MR) is 149 cm³/mol. The van der Waals surface area contributed by atoms with Gasteiger partial charge in [-0.05, 0) is 66.9 Å². The van der Waals surface area contributed by atoms with Crippen LogP contribution in [0, 0.1) is 0 Å². The molecule has 1 amide bonds. The molecule has 5 rings (SSSR count). The summed E-state index contributed by atoms with van der Waals surface area (Å²) < 4.78 is 28.8. The number of anilines is 3. The highest BCUT2D eigenvalue weighted by atomic mass is 32.2. The molecule has 0 unspecified atom stereocenters. The number of benzene rings is 3. The standard InChI is InChI=1S/C28H31N5O3S/c1-31(2)24-8-4-9-25(20-24)32-16-18-33(19-17-32)28(34)22-11-13-23(14-12-22)30-37(35,36)26-10-3-6-21-7-5-15-29-27(21)26/h3-4,6,8-15,20,30H,5,7,16-19H2,1-2H3. The van der Waals surface area contributed by atoms with Crippen molar-refractivity contribution in [3.8, 4) is 0 Å². The van der Waals surface area contributed by atoms with Crippen molar-refractivity contribution in [1.82, 2.24) is 4.90 Å². The number of sulfonamides is 1. The minimum atomic E-state index is -3.82. The first-order valence-corrected chi connectivity index (χ1v) is 13.9. The summed E-state index contributed by atoms with van der Waals surface area (Å²) in [7, 11) is 0.229. The molecule has 0 radical (unpaired) electrons. The topological polar surface area (TPSA) is 85.3 Å². The minimum Gasteiger partial charge on any atom is -0.378 e. The Balaban J connectivity index is 1.23. The highest BCUT2D eigenvalue weighted by Crippen LogP contribution is 2.32. The lowest BCUT2D eigenvalue weighted by atomic mass is 10.1. The fourth-order valence-electron chi connectivity index (χ4n) is 4.72. The van der Waals surface area contributed by atoms with Gasteiger partial charge in [0, 0.05) is 69.1 Å². The van der Waals surface area contributed by atoms with E-state index in [4.69, 9.17) is 0 Å². The van der Waals surface area contributed by atoms with E-state index in [0.717, 1.165) is 42.9 Å². The maximum Gasteiger partial charge on any atom is 0.264 e. The Labute approximate surface area is 218 Å². The number of piperazine rings is 1. The Morgan fingerprint density at radius 1 is 0.946 bits per heavy atom. The van der Waals surface area contributed by atoms with Crippen molar-refractivity contribution in [2.75, 3.05) is 54.8 Å². The minimum absolute atomic E-state index is 0.0532. The van der Waals surface area contributed by atoms with Crippen LogP contribution in [0.3, 0.4) is 0 Å². The molecule has 2 heterocycles. The average molecular weight is 518 g/mol. The van der Waals surface area contributed by atoms with Crippen LogP contribution in [0.4, 0.5) is 22.7 Å². The molecule has 2 aliphatic rings. The third-order valence-electron chi connectivity index (χ3n) is 6.80. The number of aryl methyl sites for hydroxylation is 1. The number of carbonyl (C=O) groups excluding carboxylic acids is 1. The molecule has 1 fully saturated rings. The summed E-state index contributed by atoms with van der Waals surface area (Å²) in [6.45, 7) is 2.76. The van der Waals surface area contributed by atoms with Gasteiger partial charge in [0.1, 0.15) is 4.90 Å². The zero-order chi connectivity index (χ0) is 26.0. The maximum atomic E-state index is 13.1. The summed E-state index contributed by atoms with van der Waals surface area (Å²) in [6, 6.07) is 20.2. The van der Waals surface area contributed by atoms with Gasteiger partial charge < -0.3 is 14.7 Å². The van der Waals surface area contributed by atoms with Gasteiger partial charge >= 0.3 is 0 Å². The van der Waals surface area contributed by atoms with Crippen LogP contribution in [-0.2, 0) is 16.4 Å². The molecule has 37 heavy (non-hydrogen) atoms. The third kappa shape index (κ3) is 5.32. The zero-order valence-electron chi connectivity index (χ0n) is 21.1. The molecule has 0 atom stereocenters. The second-order valence-corrected chi connectivity index (χ2v) is 11.1. The van der Waals surface area contributed by atoms with E-state index in [0.29, 0.717) is 30.0 Å². The SMILES string of the molecule is CN(C)c1cccc(N2CCN(C(=O)c3ccc(NS(=O)(=O)c4cccc5c4N=CCC5)cc3)CC2)c1. The van der Waals surface area contributed by atoms with Gasteiger partial charge in [-0.15, -0.1) is 0 Å². The molecule has 0 bridgehead atoms. The van der Waals surface area contributed by atoms with E-state index in [1.165, 1.54) is 0 Å². The lowest BCUT2D eigenvalue weighted by Crippen LogP contribution is -2.48. The molecule has 9 heteroatoms. The quantitative estimate of drug-likeness (QED) is 0.531. The number of carbonyl (C=O) groups is 1. The van der Waals surface area contributed by atoms with Crippen molar-refractivity contribution < 1.29 is 13.2 Å². The smallest absolute Gasteiger partial charge is 0.264 e. The molecule has 3 aromatic carbocycles. The molecular formula is C28H31N5O3S. The Hall–Kier alpha value is -3.85. The highest BCUT2D eigenvalue weighted by Gasteiger charge is 2.24. The molecule has 8 nitrogen and oxygen atoms in total. The normalized spacial score (nSPS) is 15.3. The molecule has 3 aromatic rings. The molecule has 0 aromatic heterocycles. The number of fused-ring (bicyclic) bond motifs is 1. The first-order valence-electron chi connectivity index (χ1n) is 12.4. The van der Waals surface area contributed by atoms with Crippen LogP contribution in [0.2, 0.25) is 0 Å². The third-order valence-corrected chi connectivity index (χ3v) is 8.21. The molecule has 192 valence electrons. The van der Waals surface area contributed by atoms with Gasteiger partial charge in [0.15, 0.2) is 0 Å². The summed E-state index contributed by atoms with van der Waals surface area (Å²) in [6.07, 6.45) is 3.33. The van der Waals surface area contributed by atoms with Crippen LogP contribution in [0.25, 0.3) is 0 Å². The van der Waals surface area contributed by atoms with E-state index in [-0.39, 0.29) is 10.8 Å². The number of rotatable bonds is 6. The fraction of sp³-hybridized carbons (Fsp3) is 0.286. The number of nitrogens with zero attached hydrogens (tertiary/aromatic N) is 4. The van der Waals surface area contributed by atoms with Crippen molar-refractivity contribution in [1.29, 1.82) is 0 Å². The van der Waals surface area contributed by atoms with E-state index < -0.39 is 10.0 Å². The van der Waals surface area contributed by atoms with Crippen molar-refractivity contribution in [2.24, 2.45) is 4.99 Å². The molecule has 0 saturated carbocycles. The average Bonchev–Trinajstić information content (AvgIpc) is 2.92. The van der Waals surface area contributed by atoms with E-state index in [2.05, 4.69) is 43.8 Å². The number of nitrogens with one attached hydrogen (secondary N) is 1. The van der Waals surface area contributed by atoms with E-state index in [9.17, 15) is 13.2 Å². The van der Waals surface area contributed by atoms with Crippen LogP contribution in [0.15, 0.2) is 76.6 Å². The van der Waals surface area contributed by atoms with Gasteiger partial charge in [-0.2, -0.15) is 0 Å². The second kappa shape index (κ2) is 10.3. The monoisotopic (exact) mass is 517 g/mol. The van der Waals surface area contributed by atoms with Crippen LogP contribution < -0.4 is 14.5 Å². The van der Waals surface area contributed by atoms with Crippen molar-refractivity contribution in [3.63, 3.8) is 0 Å². The zero-order valence-corrected chi connectivity index (χ0v) is 21.9. The maximum absolute atomic E-state index is 13.1. The number of amides is 1. The number of aliphatic imine (C=N–C) groups is 1. The lowest BCUT2D eigenvalue weighted by molar-refractivity contribution is 0.0747. The van der Waals surface area contributed by atoms with Crippen molar-refractivity contribution in [3.05, 3.63) is 77.9 Å². The van der Waals surface area contributed by atoms with Gasteiger partial charge in [0.25, 0.3) is 15.9 Å². The van der Waals surface area contributed by atoms with Crippen molar-refractivity contribution >= 4 is 44.9 Å². The first kappa shape index (κ1) is 24.8. The number of para-hydroxylation sites is 1. The molecule has 0 spiro atoms. The lowest BCUT2D eigenvalue weighted by Gasteiger charge is -2.36. The highest BCUT2D eigenvalue weighted by molar-refractivity contribution is 7.92. The molecule has 2 aliphatic heterocycles. The van der Waals surface area contributed by atoms with Crippen molar-refractivity contribution in [2.45, 2.75) is 17.7 Å². The first-order chi connectivity index (χ1) is 17.8. The second-order valence-electron chi connectivity index (χ2n) is 9.49. The largest absolute Gasteiger partial charge is 0.378 e. The fourth-order valence-corrected chi connectivity index (χ4v) is 5.97. The summed E-state index contributed by atoms with van der Waals surface area (Å²) >= 11 is 0. The van der Waals surface area contributed by atoms with E-state index in [1.54, 1.807) is 42.6 Å². The van der Waals surface area contributed by atoms with Gasteiger partial charge in [0.2, 0.25) is 0 Å². The van der Waals surface area contributed by atoms with Crippen LogP contribution in [-0.4, -0.2) is 65.7 Å². The van der Waals surface area contributed by atoms with E-state index in [1.807, 2.05) is 25.1 Å². The van der Waals surface area contributed by atoms with Crippen LogP contribution >= 0.6 is 0 Å². The van der Waals surface area contributed by atoms with Gasteiger partial charge in [0.05, 0.1) is 5.69 Å². The Morgan fingerprint density at radius 2 is 1.68 bits per heavy atom. The Morgan fingerprint density at radius 3 is 2.41 bits per heavy atom. The number of hydrogen-bond donors (Lipinski definition) is 1. The van der Waals surface area contributed by atoms with Crippen LogP contribution in [0.5, 0.6) is 0 Å². The molecule has 1 saturated heterocycles. The van der Waals surface area contributed by atoms with Gasteiger partial charge in [-0.25, -0.2) is 8.42 Å². The van der Waals surface area contributed by atoms with Gasteiger partial charge in [-0.3, -0.25) is 14.5 Å². The Kier molecular flexibility index (Phi) is 6.88. The Bertz CT molecular complexity index is 1430. The molecular weight excluding hydrogens is 486 g/mol. The molecule has 1 N–H and O–H groups in total. The summed E-state index contributed by atoms with van der Waals surface area (Å²) in [5, 5.41) is 0. The van der Waals surface area contributed by atoms with Gasteiger partial charge in [-0.1, -0.05) is 18.2 Å². The van der Waals surface area contributed by atoms with Crippen LogP contribution in [0.1, 0.15) is 22.3 Å². The predicted octanol–water partition coefficient (Wildman–Crippen LogP) is 4.16. The summed E-state index contributed by atoms with van der Waals surface area (Å²) in [5.74, 6) is -0.0532. The summed E-state index contributed by atoms with van der Waals surface area (Å²) in [4.78, 5) is 23.8. The van der Waals surface area contributed by atoms with E-state index >= 15 is 0 Å². The number of hydrogen-bond acceptors (Lipinski definition) is 6. The summed E-state index contributed by atoms with van der Waals surface area (Å²) in [5.41, 5.74) is 4.66.